The van der Waals surface area contributed by atoms with Gasteiger partial charge in [-0.1, -0.05) is 44.0 Å². The van der Waals surface area contributed by atoms with Crippen LogP contribution in [0.25, 0.3) is 17.2 Å². The van der Waals surface area contributed by atoms with Gasteiger partial charge in [0.15, 0.2) is 0 Å². The molecule has 0 radical (unpaired) electrons. The molecule has 2 amide bonds. The zero-order valence-corrected chi connectivity index (χ0v) is 21.0. The molecule has 0 spiro atoms. The molecule has 35 heavy (non-hydrogen) atoms. The van der Waals surface area contributed by atoms with Crippen molar-refractivity contribution in [3.63, 3.8) is 0 Å². The fourth-order valence-electron chi connectivity index (χ4n) is 3.39. The smallest absolute Gasteiger partial charge is 0.371 e. The summed E-state index contributed by atoms with van der Waals surface area (Å²) in [4.78, 5) is 25.5. The second-order valence-electron chi connectivity index (χ2n) is 7.87. The number of anilines is 1. The predicted molar refractivity (Wildman–Crippen MR) is 138 cm³/mol. The van der Waals surface area contributed by atoms with Crippen LogP contribution in [0.15, 0.2) is 48.2 Å². The van der Waals surface area contributed by atoms with Gasteiger partial charge in [0.2, 0.25) is 5.76 Å². The van der Waals surface area contributed by atoms with Crippen LogP contribution in [0, 0.1) is 0 Å². The Hall–Kier alpha value is -3.52. The maximum atomic E-state index is 12.6. The summed E-state index contributed by atoms with van der Waals surface area (Å²) in [6.45, 7) is 6.03. The van der Waals surface area contributed by atoms with Crippen LogP contribution in [-0.2, 0) is 14.3 Å². The van der Waals surface area contributed by atoms with Crippen LogP contribution in [0.5, 0.6) is 5.75 Å². The van der Waals surface area contributed by atoms with Gasteiger partial charge in [0, 0.05) is 31.5 Å². The number of carboxylic acid groups (broad SMARTS) is 1. The number of carbonyl (C=O) groups excluding carboxylic acids is 1. The number of rotatable bonds is 14. The van der Waals surface area contributed by atoms with E-state index in [9.17, 15) is 14.7 Å². The van der Waals surface area contributed by atoms with Gasteiger partial charge < -0.3 is 24.6 Å². The molecule has 0 heterocycles. The highest BCUT2D eigenvalue weighted by atomic mass is 16.5. The van der Waals surface area contributed by atoms with E-state index in [1.54, 1.807) is 24.1 Å². The van der Waals surface area contributed by atoms with E-state index in [2.05, 4.69) is 12.2 Å². The normalized spacial score (nSPS) is 11.1. The fraction of sp³-hybridized carbons (Fsp3) is 0.407. The molecular weight excluding hydrogens is 448 g/mol. The number of urea groups is 1. The summed E-state index contributed by atoms with van der Waals surface area (Å²) in [5.74, 6) is -0.756. The van der Waals surface area contributed by atoms with Gasteiger partial charge in [-0.3, -0.25) is 4.90 Å². The van der Waals surface area contributed by atoms with Gasteiger partial charge in [0.1, 0.15) is 12.4 Å². The Bertz CT molecular complexity index is 1000. The third kappa shape index (κ3) is 8.64. The molecule has 0 saturated heterocycles. The van der Waals surface area contributed by atoms with Crippen molar-refractivity contribution in [1.29, 1.82) is 0 Å². The predicted octanol–water partition coefficient (Wildman–Crippen LogP) is 5.18. The summed E-state index contributed by atoms with van der Waals surface area (Å²) in [5.41, 5.74) is 3.04. The molecule has 2 rings (SSSR count). The Kier molecular flexibility index (Phi) is 11.6. The number of unbranched alkanes of at least 4 members (excludes halogenated alkanes) is 2. The number of amides is 2. The highest BCUT2D eigenvalue weighted by Crippen LogP contribution is 2.34. The molecule has 2 N–H and O–H groups in total. The molecule has 0 aliphatic rings. The van der Waals surface area contributed by atoms with Crippen molar-refractivity contribution in [2.24, 2.45) is 0 Å². The van der Waals surface area contributed by atoms with Gasteiger partial charge in [-0.15, -0.1) is 0 Å². The first-order valence-corrected chi connectivity index (χ1v) is 11.9. The molecule has 2 aromatic rings. The van der Waals surface area contributed by atoms with E-state index in [0.717, 1.165) is 36.1 Å². The maximum absolute atomic E-state index is 12.6. The average Bonchev–Trinajstić information content (AvgIpc) is 2.87. The SMILES string of the molecule is CCCCCNC(=O)N(C)c1cccc(-c2ccc(/C=C(/OC)C(=O)O)cc2OCCOCC)c1. The van der Waals surface area contributed by atoms with Crippen LogP contribution < -0.4 is 15.0 Å². The molecule has 0 fully saturated rings. The highest BCUT2D eigenvalue weighted by molar-refractivity contribution is 5.92. The van der Waals surface area contributed by atoms with Crippen LogP contribution in [0.2, 0.25) is 0 Å². The quantitative estimate of drug-likeness (QED) is 0.218. The van der Waals surface area contributed by atoms with Crippen molar-refractivity contribution >= 4 is 23.8 Å². The molecule has 8 heteroatoms. The second-order valence-corrected chi connectivity index (χ2v) is 7.87. The number of hydrogen-bond donors (Lipinski definition) is 2. The number of carbonyl (C=O) groups is 2. The Morgan fingerprint density at radius 3 is 2.57 bits per heavy atom. The van der Waals surface area contributed by atoms with E-state index >= 15 is 0 Å². The van der Waals surface area contributed by atoms with Crippen LogP contribution in [0.1, 0.15) is 38.7 Å². The number of methoxy groups -OCH3 is 1. The van der Waals surface area contributed by atoms with Crippen LogP contribution in [0.3, 0.4) is 0 Å². The van der Waals surface area contributed by atoms with E-state index in [4.69, 9.17) is 14.2 Å². The molecule has 0 bridgehead atoms. The summed E-state index contributed by atoms with van der Waals surface area (Å²) in [6, 6.07) is 12.9. The number of carboxylic acids is 1. The third-order valence-electron chi connectivity index (χ3n) is 5.33. The molecule has 0 aliphatic heterocycles. The number of ether oxygens (including phenoxy) is 3. The molecule has 2 aromatic carbocycles. The van der Waals surface area contributed by atoms with Crippen LogP contribution in [0.4, 0.5) is 10.5 Å². The lowest BCUT2D eigenvalue weighted by molar-refractivity contribution is -0.135. The third-order valence-corrected chi connectivity index (χ3v) is 5.33. The van der Waals surface area contributed by atoms with Crippen molar-refractivity contribution in [3.05, 3.63) is 53.8 Å². The van der Waals surface area contributed by atoms with Crippen molar-refractivity contribution in [1.82, 2.24) is 5.32 Å². The number of nitrogens with zero attached hydrogens (tertiary/aromatic N) is 1. The maximum Gasteiger partial charge on any atom is 0.371 e. The van der Waals surface area contributed by atoms with Crippen molar-refractivity contribution in [2.45, 2.75) is 33.1 Å². The van der Waals surface area contributed by atoms with E-state index in [-0.39, 0.29) is 11.8 Å². The molecule has 0 unspecified atom stereocenters. The summed E-state index contributed by atoms with van der Waals surface area (Å²) in [7, 11) is 3.05. The van der Waals surface area contributed by atoms with Crippen LogP contribution in [-0.4, -0.2) is 57.6 Å². The van der Waals surface area contributed by atoms with E-state index in [1.807, 2.05) is 37.3 Å². The molecule has 0 saturated carbocycles. The first-order chi connectivity index (χ1) is 16.9. The highest BCUT2D eigenvalue weighted by Gasteiger charge is 2.14. The van der Waals surface area contributed by atoms with Gasteiger partial charge in [-0.05, 0) is 48.7 Å². The topological polar surface area (TPSA) is 97.3 Å². The Morgan fingerprint density at radius 2 is 1.89 bits per heavy atom. The molecule has 8 nitrogen and oxygen atoms in total. The fourth-order valence-corrected chi connectivity index (χ4v) is 3.39. The van der Waals surface area contributed by atoms with E-state index in [0.29, 0.717) is 37.7 Å². The first-order valence-electron chi connectivity index (χ1n) is 11.9. The van der Waals surface area contributed by atoms with Crippen molar-refractivity contribution in [2.75, 3.05) is 45.4 Å². The summed E-state index contributed by atoms with van der Waals surface area (Å²) >= 11 is 0. The second kappa shape index (κ2) is 14.7. The summed E-state index contributed by atoms with van der Waals surface area (Å²) < 4.78 is 16.3. The zero-order chi connectivity index (χ0) is 25.6. The monoisotopic (exact) mass is 484 g/mol. The van der Waals surface area contributed by atoms with Gasteiger partial charge in [0.05, 0.1) is 13.7 Å². The standard InChI is InChI=1S/C27H36N2O6/c1-5-7-8-14-28-27(32)29(3)22-11-9-10-21(19-22)23-13-12-20(18-25(33-4)26(30)31)17-24(23)35-16-15-34-6-2/h9-13,17-19H,5-8,14-16H2,1-4H3,(H,28,32)(H,30,31)/b25-18+. The largest absolute Gasteiger partial charge is 0.491 e. The first kappa shape index (κ1) is 27.7. The van der Waals surface area contributed by atoms with Crippen molar-refractivity contribution in [3.8, 4) is 16.9 Å². The Balaban J connectivity index is 2.33. The molecule has 190 valence electrons. The van der Waals surface area contributed by atoms with Gasteiger partial charge in [-0.25, -0.2) is 9.59 Å². The zero-order valence-electron chi connectivity index (χ0n) is 21.0. The minimum Gasteiger partial charge on any atom is -0.491 e. The van der Waals surface area contributed by atoms with Gasteiger partial charge >= 0.3 is 12.0 Å². The summed E-state index contributed by atoms with van der Waals surface area (Å²) in [6.07, 6.45) is 4.57. The van der Waals surface area contributed by atoms with Gasteiger partial charge in [0.25, 0.3) is 0 Å². The number of nitrogens with one attached hydrogen (secondary N) is 1. The van der Waals surface area contributed by atoms with E-state index in [1.165, 1.54) is 13.2 Å². The minimum atomic E-state index is -1.15. The van der Waals surface area contributed by atoms with Crippen molar-refractivity contribution < 1.29 is 28.9 Å². The lowest BCUT2D eigenvalue weighted by atomic mass is 10.0. The number of aliphatic carboxylic acids is 1. The molecule has 0 aromatic heterocycles. The number of benzene rings is 2. The Morgan fingerprint density at radius 1 is 1.09 bits per heavy atom. The molecular formula is C27H36N2O6. The summed E-state index contributed by atoms with van der Waals surface area (Å²) in [5, 5.41) is 12.2. The Labute approximate surface area is 207 Å². The van der Waals surface area contributed by atoms with Crippen LogP contribution >= 0.6 is 0 Å². The minimum absolute atomic E-state index is 0.160. The average molecular weight is 485 g/mol. The molecule has 0 aliphatic carbocycles. The lowest BCUT2D eigenvalue weighted by Crippen LogP contribution is -2.37. The van der Waals surface area contributed by atoms with E-state index < -0.39 is 5.97 Å². The van der Waals surface area contributed by atoms with Gasteiger partial charge in [-0.2, -0.15) is 0 Å². The molecule has 0 atom stereocenters. The lowest BCUT2D eigenvalue weighted by Gasteiger charge is -2.20. The number of hydrogen-bond acceptors (Lipinski definition) is 5.